The van der Waals surface area contributed by atoms with Gasteiger partial charge in [0.15, 0.2) is 5.65 Å². The van der Waals surface area contributed by atoms with E-state index in [2.05, 4.69) is 5.10 Å². The van der Waals surface area contributed by atoms with Gasteiger partial charge in [-0.3, -0.25) is 9.89 Å². The summed E-state index contributed by atoms with van der Waals surface area (Å²) in [6, 6.07) is 9.67. The molecule has 0 amide bonds. The molecular formula is C20H24N4O3S. The summed E-state index contributed by atoms with van der Waals surface area (Å²) in [6.07, 6.45) is 3.15. The van der Waals surface area contributed by atoms with E-state index in [0.717, 1.165) is 16.8 Å². The first-order valence-electron chi connectivity index (χ1n) is 9.55. The quantitative estimate of drug-likeness (QED) is 0.729. The molecule has 1 aliphatic heterocycles. The fourth-order valence-corrected chi connectivity index (χ4v) is 4.90. The number of sulfonamides is 1. The zero-order valence-electron chi connectivity index (χ0n) is 16.1. The van der Waals surface area contributed by atoms with Crippen molar-refractivity contribution in [2.75, 3.05) is 18.8 Å². The largest absolute Gasteiger partial charge is 0.296 e. The van der Waals surface area contributed by atoms with E-state index in [9.17, 15) is 13.2 Å². The fourth-order valence-electron chi connectivity index (χ4n) is 3.77. The average Bonchev–Trinajstić information content (AvgIpc) is 3.13. The summed E-state index contributed by atoms with van der Waals surface area (Å²) in [5.41, 5.74) is 4.24. The van der Waals surface area contributed by atoms with Crippen LogP contribution in [0.5, 0.6) is 0 Å². The predicted octanol–water partition coefficient (Wildman–Crippen LogP) is 2.53. The number of fused-ring (bicyclic) bond motifs is 1. The summed E-state index contributed by atoms with van der Waals surface area (Å²) in [5.74, 6) is 0.203. The molecule has 1 aliphatic rings. The lowest BCUT2D eigenvalue weighted by Crippen LogP contribution is -2.39. The van der Waals surface area contributed by atoms with Crippen LogP contribution in [0.3, 0.4) is 0 Å². The van der Waals surface area contributed by atoms with Crippen LogP contribution >= 0.6 is 0 Å². The topological polar surface area (TPSA) is 87.5 Å². The highest BCUT2D eigenvalue weighted by molar-refractivity contribution is 7.89. The van der Waals surface area contributed by atoms with Crippen LogP contribution in [0, 0.1) is 6.92 Å². The number of H-pyrrole nitrogens is 1. The maximum atomic E-state index is 12.6. The maximum absolute atomic E-state index is 12.6. The van der Waals surface area contributed by atoms with Crippen molar-refractivity contribution in [2.45, 2.75) is 32.6 Å². The van der Waals surface area contributed by atoms with Gasteiger partial charge in [-0.15, -0.1) is 0 Å². The lowest BCUT2D eigenvalue weighted by atomic mass is 9.94. The molecule has 28 heavy (non-hydrogen) atoms. The third kappa shape index (κ3) is 3.38. The number of nitrogens with one attached hydrogen (secondary N) is 1. The van der Waals surface area contributed by atoms with Crippen molar-refractivity contribution < 1.29 is 8.42 Å². The maximum Gasteiger partial charge on any atom is 0.272 e. The third-order valence-electron chi connectivity index (χ3n) is 5.51. The Balaban J connectivity index is 1.67. The highest BCUT2D eigenvalue weighted by atomic mass is 32.2. The van der Waals surface area contributed by atoms with Gasteiger partial charge >= 0.3 is 0 Å². The van der Waals surface area contributed by atoms with E-state index in [0.29, 0.717) is 31.6 Å². The molecule has 4 rings (SSSR count). The molecule has 1 saturated heterocycles. The van der Waals surface area contributed by atoms with Gasteiger partial charge in [-0.2, -0.15) is 0 Å². The molecule has 3 heterocycles. The van der Waals surface area contributed by atoms with Crippen molar-refractivity contribution in [2.24, 2.45) is 0 Å². The number of piperidine rings is 1. The summed E-state index contributed by atoms with van der Waals surface area (Å²) in [7, 11) is -3.16. The average molecular weight is 401 g/mol. The molecule has 0 aliphatic carbocycles. The molecule has 0 bridgehead atoms. The number of benzene rings is 1. The van der Waals surface area contributed by atoms with Gasteiger partial charge in [-0.25, -0.2) is 22.2 Å². The molecule has 0 spiro atoms. The van der Waals surface area contributed by atoms with Gasteiger partial charge < -0.3 is 0 Å². The van der Waals surface area contributed by atoms with Crippen molar-refractivity contribution in [3.8, 4) is 11.1 Å². The molecule has 0 unspecified atom stereocenters. The van der Waals surface area contributed by atoms with Crippen LogP contribution in [0.2, 0.25) is 0 Å². The summed E-state index contributed by atoms with van der Waals surface area (Å²) in [5, 5.41) is 2.99. The summed E-state index contributed by atoms with van der Waals surface area (Å²) < 4.78 is 27.1. The molecule has 3 aromatic rings. The van der Waals surface area contributed by atoms with Crippen molar-refractivity contribution in [3.05, 3.63) is 58.1 Å². The number of hydrogen-bond acceptors (Lipinski definition) is 4. The highest BCUT2D eigenvalue weighted by Crippen LogP contribution is 2.29. The molecule has 2 aromatic heterocycles. The first-order chi connectivity index (χ1) is 13.4. The van der Waals surface area contributed by atoms with E-state index in [4.69, 9.17) is 4.98 Å². The van der Waals surface area contributed by atoms with Gasteiger partial charge in [0.2, 0.25) is 10.0 Å². The number of hydrogen-bond donors (Lipinski definition) is 1. The lowest BCUT2D eigenvalue weighted by molar-refractivity contribution is 0.317. The Hall–Kier alpha value is -2.45. The summed E-state index contributed by atoms with van der Waals surface area (Å²) in [6.45, 7) is 4.64. The van der Waals surface area contributed by atoms with Gasteiger partial charge in [0.05, 0.1) is 11.4 Å². The van der Waals surface area contributed by atoms with Crippen molar-refractivity contribution in [1.29, 1.82) is 0 Å². The Kier molecular flexibility index (Phi) is 4.84. The Bertz CT molecular complexity index is 1150. The van der Waals surface area contributed by atoms with E-state index in [1.165, 1.54) is 10.1 Å². The number of rotatable bonds is 4. The van der Waals surface area contributed by atoms with Crippen molar-refractivity contribution in [3.63, 3.8) is 0 Å². The van der Waals surface area contributed by atoms with E-state index in [1.54, 1.807) is 23.5 Å². The number of aromatic nitrogens is 3. The van der Waals surface area contributed by atoms with Gasteiger partial charge in [-0.05, 0) is 32.3 Å². The molecule has 7 nitrogen and oxygen atoms in total. The minimum atomic E-state index is -3.16. The first kappa shape index (κ1) is 18.9. The van der Waals surface area contributed by atoms with E-state index >= 15 is 0 Å². The zero-order valence-corrected chi connectivity index (χ0v) is 16.9. The second-order valence-corrected chi connectivity index (χ2v) is 9.56. The van der Waals surface area contributed by atoms with E-state index < -0.39 is 10.0 Å². The number of nitrogens with zero attached hydrogens (tertiary/aromatic N) is 3. The second-order valence-electron chi connectivity index (χ2n) is 7.31. The summed E-state index contributed by atoms with van der Waals surface area (Å²) >= 11 is 0. The second kappa shape index (κ2) is 7.18. The molecule has 148 valence electrons. The molecule has 8 heteroatoms. The molecular weight excluding hydrogens is 376 g/mol. The monoisotopic (exact) mass is 400 g/mol. The van der Waals surface area contributed by atoms with Crippen molar-refractivity contribution in [1.82, 2.24) is 18.9 Å². The SMILES string of the molecule is CCS(=O)(=O)N1CCC(c2cc(=O)n3[nH]cc(-c4ccc(C)cc4)c3n2)CC1. The van der Waals surface area contributed by atoms with Crippen LogP contribution in [0.1, 0.15) is 36.9 Å². The third-order valence-corrected chi connectivity index (χ3v) is 7.39. The van der Waals surface area contributed by atoms with E-state index in [-0.39, 0.29) is 17.2 Å². The smallest absolute Gasteiger partial charge is 0.272 e. The van der Waals surface area contributed by atoms with Crippen LogP contribution in [-0.4, -0.2) is 46.2 Å². The lowest BCUT2D eigenvalue weighted by Gasteiger charge is -2.30. The van der Waals surface area contributed by atoms with Gasteiger partial charge in [0, 0.05) is 36.8 Å². The summed E-state index contributed by atoms with van der Waals surface area (Å²) in [4.78, 5) is 17.4. The number of aryl methyl sites for hydroxylation is 1. The van der Waals surface area contributed by atoms with Crippen LogP contribution in [0.25, 0.3) is 16.8 Å². The minimum absolute atomic E-state index is 0.0850. The molecule has 0 radical (unpaired) electrons. The van der Waals surface area contributed by atoms with Gasteiger partial charge in [0.25, 0.3) is 5.56 Å². The minimum Gasteiger partial charge on any atom is -0.296 e. The van der Waals surface area contributed by atoms with Crippen LogP contribution in [-0.2, 0) is 10.0 Å². The number of aromatic amines is 1. The molecule has 1 fully saturated rings. The van der Waals surface area contributed by atoms with Gasteiger partial charge in [-0.1, -0.05) is 29.8 Å². The normalized spacial score (nSPS) is 16.6. The molecule has 0 saturated carbocycles. The van der Waals surface area contributed by atoms with E-state index in [1.807, 2.05) is 31.2 Å². The Morgan fingerprint density at radius 2 is 1.86 bits per heavy atom. The Labute approximate surface area is 164 Å². The highest BCUT2D eigenvalue weighted by Gasteiger charge is 2.28. The first-order valence-corrected chi connectivity index (χ1v) is 11.2. The van der Waals surface area contributed by atoms with Crippen LogP contribution < -0.4 is 5.56 Å². The van der Waals surface area contributed by atoms with Crippen molar-refractivity contribution >= 4 is 15.7 Å². The predicted molar refractivity (Wildman–Crippen MR) is 109 cm³/mol. The molecule has 0 atom stereocenters. The zero-order chi connectivity index (χ0) is 19.9. The fraction of sp³-hybridized carbons (Fsp3) is 0.400. The Morgan fingerprint density at radius 1 is 1.18 bits per heavy atom. The molecule has 1 N–H and O–H groups in total. The van der Waals surface area contributed by atoms with Gasteiger partial charge in [0.1, 0.15) is 0 Å². The Morgan fingerprint density at radius 3 is 2.50 bits per heavy atom. The van der Waals surface area contributed by atoms with Crippen LogP contribution in [0.4, 0.5) is 0 Å². The molecule has 1 aromatic carbocycles. The standard InChI is InChI=1S/C20H24N4O3S/c1-3-28(26,27)23-10-8-16(9-11-23)18-12-19(25)24-20(22-18)17(13-21-24)15-6-4-14(2)5-7-15/h4-7,12-13,16,21H,3,8-11H2,1-2H3. The van der Waals surface area contributed by atoms with Crippen LogP contribution in [0.15, 0.2) is 41.3 Å².